The lowest BCUT2D eigenvalue weighted by molar-refractivity contribution is -0.142. The molecular formula is C16H18N2O5. The molecule has 1 aliphatic heterocycles. The Hall–Kier alpha value is -2.70. The molecule has 0 fully saturated rings. The highest BCUT2D eigenvalue weighted by atomic mass is 16.4. The van der Waals surface area contributed by atoms with Gasteiger partial charge in [0, 0.05) is 12.5 Å². The molecule has 1 aromatic carbocycles. The molecule has 3 amide bonds. The van der Waals surface area contributed by atoms with Crippen LogP contribution in [0.5, 0.6) is 0 Å². The number of fused-ring (bicyclic) bond motifs is 1. The van der Waals surface area contributed by atoms with Crippen LogP contribution in [0.4, 0.5) is 0 Å². The summed E-state index contributed by atoms with van der Waals surface area (Å²) in [6.45, 7) is 3.23. The second kappa shape index (κ2) is 6.60. The Morgan fingerprint density at radius 2 is 1.70 bits per heavy atom. The fourth-order valence-corrected chi connectivity index (χ4v) is 2.56. The van der Waals surface area contributed by atoms with Gasteiger partial charge in [0.1, 0.15) is 6.04 Å². The largest absolute Gasteiger partial charge is 0.480 e. The van der Waals surface area contributed by atoms with E-state index in [1.54, 1.807) is 38.1 Å². The minimum Gasteiger partial charge on any atom is -0.480 e. The molecule has 122 valence electrons. The van der Waals surface area contributed by atoms with Gasteiger partial charge in [-0.15, -0.1) is 0 Å². The van der Waals surface area contributed by atoms with Crippen LogP contribution in [0.1, 0.15) is 47.4 Å². The Morgan fingerprint density at radius 1 is 1.17 bits per heavy atom. The molecule has 23 heavy (non-hydrogen) atoms. The molecule has 0 bridgehead atoms. The number of nitrogens with zero attached hydrogens (tertiary/aromatic N) is 1. The second-order valence-electron chi connectivity index (χ2n) is 5.45. The van der Waals surface area contributed by atoms with Gasteiger partial charge in [0.05, 0.1) is 11.1 Å². The van der Waals surface area contributed by atoms with Crippen molar-refractivity contribution in [1.29, 1.82) is 0 Å². The minimum atomic E-state index is -1.12. The average Bonchev–Trinajstić information content (AvgIpc) is 2.76. The van der Waals surface area contributed by atoms with Crippen molar-refractivity contribution >= 4 is 23.7 Å². The number of imide groups is 1. The molecule has 1 heterocycles. The van der Waals surface area contributed by atoms with Crippen LogP contribution in [0, 0.1) is 0 Å². The summed E-state index contributed by atoms with van der Waals surface area (Å²) in [5, 5.41) is 11.3. The molecule has 0 spiro atoms. The third-order valence-electron chi connectivity index (χ3n) is 3.79. The Morgan fingerprint density at radius 3 is 2.13 bits per heavy atom. The van der Waals surface area contributed by atoms with E-state index in [9.17, 15) is 19.2 Å². The van der Waals surface area contributed by atoms with Crippen LogP contribution in [0.2, 0.25) is 0 Å². The van der Waals surface area contributed by atoms with Crippen molar-refractivity contribution in [2.45, 2.75) is 38.8 Å². The third-order valence-corrected chi connectivity index (χ3v) is 3.79. The van der Waals surface area contributed by atoms with Crippen molar-refractivity contribution in [3.05, 3.63) is 35.4 Å². The van der Waals surface area contributed by atoms with Crippen molar-refractivity contribution in [2.75, 3.05) is 0 Å². The number of carbonyl (C=O) groups is 4. The van der Waals surface area contributed by atoms with Gasteiger partial charge in [-0.05, 0) is 25.5 Å². The lowest BCUT2D eigenvalue weighted by Crippen LogP contribution is -2.45. The van der Waals surface area contributed by atoms with E-state index in [2.05, 4.69) is 5.32 Å². The number of carbonyl (C=O) groups excluding carboxylic acids is 3. The Bertz CT molecular complexity index is 635. The van der Waals surface area contributed by atoms with Crippen molar-refractivity contribution in [3.63, 3.8) is 0 Å². The van der Waals surface area contributed by atoms with E-state index in [4.69, 9.17) is 5.11 Å². The number of aliphatic carboxylic acids is 1. The summed E-state index contributed by atoms with van der Waals surface area (Å²) < 4.78 is 0. The van der Waals surface area contributed by atoms with Gasteiger partial charge in [0.15, 0.2) is 0 Å². The second-order valence-corrected chi connectivity index (χ2v) is 5.45. The van der Waals surface area contributed by atoms with Crippen molar-refractivity contribution in [1.82, 2.24) is 10.2 Å². The van der Waals surface area contributed by atoms with E-state index < -0.39 is 35.8 Å². The van der Waals surface area contributed by atoms with E-state index in [0.717, 1.165) is 4.90 Å². The fourth-order valence-electron chi connectivity index (χ4n) is 2.56. The molecule has 0 aromatic heterocycles. The fraction of sp³-hybridized carbons (Fsp3) is 0.375. The number of carboxylic acid groups (broad SMARTS) is 1. The van der Waals surface area contributed by atoms with Gasteiger partial charge in [0.25, 0.3) is 11.8 Å². The molecule has 7 nitrogen and oxygen atoms in total. The average molecular weight is 318 g/mol. The Labute approximate surface area is 133 Å². The molecule has 0 radical (unpaired) electrons. The number of hydrogen-bond donors (Lipinski definition) is 2. The van der Waals surface area contributed by atoms with Crippen LogP contribution in [0.15, 0.2) is 24.3 Å². The first kappa shape index (κ1) is 16.7. The van der Waals surface area contributed by atoms with Gasteiger partial charge < -0.3 is 10.4 Å². The summed E-state index contributed by atoms with van der Waals surface area (Å²) in [7, 11) is 0. The summed E-state index contributed by atoms with van der Waals surface area (Å²) in [6.07, 6.45) is 0.109. The van der Waals surface area contributed by atoms with E-state index in [1.807, 2.05) is 0 Å². The summed E-state index contributed by atoms with van der Waals surface area (Å²) in [6, 6.07) is 4.85. The molecule has 2 atom stereocenters. The van der Waals surface area contributed by atoms with Crippen LogP contribution in [0.25, 0.3) is 0 Å². The topological polar surface area (TPSA) is 104 Å². The quantitative estimate of drug-likeness (QED) is 0.763. The summed E-state index contributed by atoms with van der Waals surface area (Å²) >= 11 is 0. The molecule has 1 aliphatic rings. The van der Waals surface area contributed by atoms with Gasteiger partial charge in [-0.3, -0.25) is 19.3 Å². The van der Waals surface area contributed by atoms with Crippen LogP contribution in [-0.4, -0.2) is 45.8 Å². The Balaban J connectivity index is 2.06. The van der Waals surface area contributed by atoms with Crippen molar-refractivity contribution in [2.24, 2.45) is 0 Å². The maximum atomic E-state index is 12.3. The summed E-state index contributed by atoms with van der Waals surface area (Å²) in [5.41, 5.74) is 0.642. The van der Waals surface area contributed by atoms with E-state index in [0.29, 0.717) is 11.1 Å². The van der Waals surface area contributed by atoms with Crippen LogP contribution >= 0.6 is 0 Å². The van der Waals surface area contributed by atoms with Gasteiger partial charge in [0.2, 0.25) is 5.91 Å². The number of carboxylic acids is 1. The standard InChI is InChI=1S/C16H18N2O5/c1-3-12(16(22)23)17-13(19)8-9(2)18-14(20)10-6-4-5-7-11(10)15(18)21/h4-7,9,12H,3,8H2,1-2H3,(H,17,19)(H,22,23). The lowest BCUT2D eigenvalue weighted by atomic mass is 10.1. The molecule has 1 aromatic rings. The number of rotatable bonds is 6. The Kier molecular flexibility index (Phi) is 4.78. The zero-order valence-electron chi connectivity index (χ0n) is 12.9. The summed E-state index contributed by atoms with van der Waals surface area (Å²) in [5.74, 6) is -2.50. The van der Waals surface area contributed by atoms with Crippen LogP contribution in [0.3, 0.4) is 0 Å². The molecule has 2 unspecified atom stereocenters. The zero-order valence-corrected chi connectivity index (χ0v) is 12.9. The van der Waals surface area contributed by atoms with Crippen molar-refractivity contribution in [3.8, 4) is 0 Å². The highest BCUT2D eigenvalue weighted by Gasteiger charge is 2.38. The maximum Gasteiger partial charge on any atom is 0.326 e. The summed E-state index contributed by atoms with van der Waals surface area (Å²) in [4.78, 5) is 48.5. The monoisotopic (exact) mass is 318 g/mol. The minimum absolute atomic E-state index is 0.144. The van der Waals surface area contributed by atoms with Gasteiger partial charge in [-0.1, -0.05) is 19.1 Å². The molecule has 0 saturated carbocycles. The maximum absolute atomic E-state index is 12.3. The predicted octanol–water partition coefficient (Wildman–Crippen LogP) is 1.04. The van der Waals surface area contributed by atoms with Crippen molar-refractivity contribution < 1.29 is 24.3 Å². The van der Waals surface area contributed by atoms with Gasteiger partial charge >= 0.3 is 5.97 Å². The highest BCUT2D eigenvalue weighted by Crippen LogP contribution is 2.25. The first-order chi connectivity index (χ1) is 10.9. The van der Waals surface area contributed by atoms with Crippen LogP contribution in [-0.2, 0) is 9.59 Å². The molecule has 0 saturated heterocycles. The normalized spacial score (nSPS) is 16.0. The SMILES string of the molecule is CCC(NC(=O)CC(C)N1C(=O)c2ccccc2C1=O)C(=O)O. The zero-order chi connectivity index (χ0) is 17.1. The predicted molar refractivity (Wildman–Crippen MR) is 80.9 cm³/mol. The molecule has 2 rings (SSSR count). The molecule has 0 aliphatic carbocycles. The first-order valence-electron chi connectivity index (χ1n) is 7.35. The highest BCUT2D eigenvalue weighted by molar-refractivity contribution is 6.21. The number of benzene rings is 1. The van der Waals surface area contributed by atoms with E-state index in [1.165, 1.54) is 0 Å². The smallest absolute Gasteiger partial charge is 0.326 e. The lowest BCUT2D eigenvalue weighted by Gasteiger charge is -2.22. The number of hydrogen-bond acceptors (Lipinski definition) is 4. The third kappa shape index (κ3) is 3.23. The molecular weight excluding hydrogens is 300 g/mol. The number of nitrogens with one attached hydrogen (secondary N) is 1. The first-order valence-corrected chi connectivity index (χ1v) is 7.35. The van der Waals surface area contributed by atoms with E-state index in [-0.39, 0.29) is 12.8 Å². The molecule has 7 heteroatoms. The van der Waals surface area contributed by atoms with Gasteiger partial charge in [-0.25, -0.2) is 4.79 Å². The molecule has 2 N–H and O–H groups in total. The van der Waals surface area contributed by atoms with E-state index >= 15 is 0 Å². The van der Waals surface area contributed by atoms with Crippen LogP contribution < -0.4 is 5.32 Å². The van der Waals surface area contributed by atoms with Gasteiger partial charge in [-0.2, -0.15) is 0 Å². The number of amides is 3.